The summed E-state index contributed by atoms with van der Waals surface area (Å²) in [5.41, 5.74) is 0.729. The molecule has 3 aromatic rings. The standard InChI is InChI=1S/C18H18Cl2N4O4S2/c19-14-5-6-16(18-17(14)15(20)11-22-18)23-29(25,26)12-1-3-13(4-2-12)30(27,28)24-9-7-21-8-10-24/h1-6,11,21-23H,7-10H2. The molecule has 0 spiro atoms. The van der Waals surface area contributed by atoms with E-state index in [1.165, 1.54) is 40.8 Å². The first-order valence-corrected chi connectivity index (χ1v) is 12.7. The molecular weight excluding hydrogens is 471 g/mol. The maximum Gasteiger partial charge on any atom is 0.261 e. The molecule has 1 aromatic heterocycles. The molecule has 160 valence electrons. The largest absolute Gasteiger partial charge is 0.358 e. The van der Waals surface area contributed by atoms with E-state index in [2.05, 4.69) is 15.0 Å². The number of halogens is 2. The Morgan fingerprint density at radius 1 is 0.867 bits per heavy atom. The van der Waals surface area contributed by atoms with Gasteiger partial charge in [-0.1, -0.05) is 23.2 Å². The lowest BCUT2D eigenvalue weighted by Gasteiger charge is -2.26. The molecule has 2 aromatic carbocycles. The number of rotatable bonds is 5. The molecule has 3 N–H and O–H groups in total. The number of piperazine rings is 1. The summed E-state index contributed by atoms with van der Waals surface area (Å²) in [6.07, 6.45) is 1.52. The molecule has 30 heavy (non-hydrogen) atoms. The predicted octanol–water partition coefficient (Wildman–Crippen LogP) is 2.87. The number of H-pyrrole nitrogens is 1. The molecule has 1 fully saturated rings. The summed E-state index contributed by atoms with van der Waals surface area (Å²) in [6.45, 7) is 1.90. The molecule has 12 heteroatoms. The van der Waals surface area contributed by atoms with Gasteiger partial charge in [0.05, 0.1) is 31.0 Å². The summed E-state index contributed by atoms with van der Waals surface area (Å²) in [6, 6.07) is 8.21. The smallest absolute Gasteiger partial charge is 0.261 e. The number of nitrogens with zero attached hydrogens (tertiary/aromatic N) is 1. The Morgan fingerprint density at radius 2 is 1.50 bits per heavy atom. The van der Waals surface area contributed by atoms with Crippen LogP contribution in [0.2, 0.25) is 10.0 Å². The molecule has 0 saturated carbocycles. The Hall–Kier alpha value is -1.82. The van der Waals surface area contributed by atoms with Crippen LogP contribution in [0.4, 0.5) is 5.69 Å². The van der Waals surface area contributed by atoms with Gasteiger partial charge < -0.3 is 10.3 Å². The molecule has 8 nitrogen and oxygen atoms in total. The van der Waals surface area contributed by atoms with Crippen LogP contribution in [0.1, 0.15) is 0 Å². The van der Waals surface area contributed by atoms with Crippen molar-refractivity contribution in [2.75, 3.05) is 30.9 Å². The van der Waals surface area contributed by atoms with E-state index in [0.29, 0.717) is 47.1 Å². The van der Waals surface area contributed by atoms with E-state index >= 15 is 0 Å². The lowest BCUT2D eigenvalue weighted by Crippen LogP contribution is -2.46. The first-order valence-electron chi connectivity index (χ1n) is 8.99. The highest BCUT2D eigenvalue weighted by Crippen LogP contribution is 2.35. The number of anilines is 1. The second-order valence-electron chi connectivity index (χ2n) is 6.71. The maximum absolute atomic E-state index is 12.8. The van der Waals surface area contributed by atoms with E-state index in [1.807, 2.05) is 0 Å². The van der Waals surface area contributed by atoms with Crippen molar-refractivity contribution >= 4 is 59.8 Å². The molecule has 0 unspecified atom stereocenters. The highest BCUT2D eigenvalue weighted by atomic mass is 35.5. The Kier molecular flexibility index (Phi) is 5.73. The minimum atomic E-state index is -3.97. The van der Waals surface area contributed by atoms with E-state index in [4.69, 9.17) is 23.2 Å². The number of aromatic nitrogens is 1. The summed E-state index contributed by atoms with van der Waals surface area (Å²) in [5.74, 6) is 0. The van der Waals surface area contributed by atoms with Crippen LogP contribution < -0.4 is 10.0 Å². The first-order chi connectivity index (χ1) is 14.2. The van der Waals surface area contributed by atoms with Crippen molar-refractivity contribution in [3.05, 3.63) is 52.6 Å². The quantitative estimate of drug-likeness (QED) is 0.511. The predicted molar refractivity (Wildman–Crippen MR) is 117 cm³/mol. The van der Waals surface area contributed by atoms with E-state index in [0.717, 1.165) is 0 Å². The minimum Gasteiger partial charge on any atom is -0.358 e. The third kappa shape index (κ3) is 3.91. The first kappa shape index (κ1) is 21.4. The fourth-order valence-electron chi connectivity index (χ4n) is 3.28. The maximum atomic E-state index is 12.8. The lowest BCUT2D eigenvalue weighted by molar-refractivity contribution is 0.360. The molecular formula is C18H18Cl2N4O4S2. The van der Waals surface area contributed by atoms with Crippen LogP contribution in [0.5, 0.6) is 0 Å². The number of fused-ring (bicyclic) bond motifs is 1. The number of benzene rings is 2. The molecule has 0 amide bonds. The van der Waals surface area contributed by atoms with Crippen molar-refractivity contribution < 1.29 is 16.8 Å². The average molecular weight is 489 g/mol. The van der Waals surface area contributed by atoms with Crippen LogP contribution in [0.3, 0.4) is 0 Å². The fourth-order valence-corrected chi connectivity index (χ4v) is 6.35. The van der Waals surface area contributed by atoms with Crippen LogP contribution >= 0.6 is 23.2 Å². The zero-order valence-corrected chi connectivity index (χ0v) is 18.7. The Morgan fingerprint density at radius 3 is 2.17 bits per heavy atom. The molecule has 0 aliphatic carbocycles. The van der Waals surface area contributed by atoms with Gasteiger partial charge in [0.25, 0.3) is 10.0 Å². The van der Waals surface area contributed by atoms with Gasteiger partial charge in [-0.25, -0.2) is 16.8 Å². The SMILES string of the molecule is O=S(=O)(Nc1ccc(Cl)c2c(Cl)c[nH]c12)c1ccc(S(=O)(=O)N2CCNCC2)cc1. The van der Waals surface area contributed by atoms with Crippen LogP contribution in [0, 0.1) is 0 Å². The molecule has 0 atom stereocenters. The molecule has 0 bridgehead atoms. The monoisotopic (exact) mass is 488 g/mol. The second kappa shape index (κ2) is 8.03. The van der Waals surface area contributed by atoms with Crippen LogP contribution in [-0.4, -0.2) is 52.3 Å². The molecule has 1 aliphatic heterocycles. The van der Waals surface area contributed by atoms with E-state index in [-0.39, 0.29) is 15.5 Å². The number of aromatic amines is 1. The highest BCUT2D eigenvalue weighted by Gasteiger charge is 2.26. The van der Waals surface area contributed by atoms with E-state index in [9.17, 15) is 16.8 Å². The summed E-state index contributed by atoms with van der Waals surface area (Å²) < 4.78 is 55.0. The number of hydrogen-bond donors (Lipinski definition) is 3. The van der Waals surface area contributed by atoms with E-state index in [1.54, 1.807) is 6.07 Å². The van der Waals surface area contributed by atoms with Crippen LogP contribution in [-0.2, 0) is 20.0 Å². The van der Waals surface area contributed by atoms with Crippen molar-refractivity contribution in [3.63, 3.8) is 0 Å². The van der Waals surface area contributed by atoms with Gasteiger partial charge >= 0.3 is 0 Å². The van der Waals surface area contributed by atoms with Crippen molar-refractivity contribution in [2.24, 2.45) is 0 Å². The van der Waals surface area contributed by atoms with Crippen molar-refractivity contribution in [3.8, 4) is 0 Å². The number of nitrogens with one attached hydrogen (secondary N) is 3. The van der Waals surface area contributed by atoms with E-state index < -0.39 is 20.0 Å². The summed E-state index contributed by atoms with van der Waals surface area (Å²) >= 11 is 12.2. The topological polar surface area (TPSA) is 111 Å². The van der Waals surface area contributed by atoms with Gasteiger partial charge in [-0.05, 0) is 36.4 Å². The minimum absolute atomic E-state index is 0.0494. The van der Waals surface area contributed by atoms with Crippen molar-refractivity contribution in [1.29, 1.82) is 0 Å². The van der Waals surface area contributed by atoms with Crippen molar-refractivity contribution in [2.45, 2.75) is 9.79 Å². The van der Waals surface area contributed by atoms with Crippen molar-refractivity contribution in [1.82, 2.24) is 14.6 Å². The molecule has 0 radical (unpaired) electrons. The zero-order valence-electron chi connectivity index (χ0n) is 15.5. The number of sulfonamides is 2. The molecule has 4 rings (SSSR count). The van der Waals surface area contributed by atoms with Gasteiger partial charge in [-0.15, -0.1) is 0 Å². The summed E-state index contributed by atoms with van der Waals surface area (Å²) in [7, 11) is -7.64. The average Bonchev–Trinajstić information content (AvgIpc) is 3.13. The molecule has 1 saturated heterocycles. The molecule has 2 heterocycles. The zero-order chi connectivity index (χ0) is 21.5. The van der Waals surface area contributed by atoms with Gasteiger partial charge in [0.1, 0.15) is 0 Å². The fraction of sp³-hybridized carbons (Fsp3) is 0.222. The normalized spacial score (nSPS) is 16.1. The second-order valence-corrected chi connectivity index (χ2v) is 11.1. The number of hydrogen-bond acceptors (Lipinski definition) is 5. The summed E-state index contributed by atoms with van der Waals surface area (Å²) in [4.78, 5) is 2.89. The molecule has 1 aliphatic rings. The van der Waals surface area contributed by atoms with Gasteiger partial charge in [0, 0.05) is 37.8 Å². The van der Waals surface area contributed by atoms with Gasteiger partial charge in [0.15, 0.2) is 0 Å². The summed E-state index contributed by atoms with van der Waals surface area (Å²) in [5, 5.41) is 4.37. The van der Waals surface area contributed by atoms with Crippen LogP contribution in [0.15, 0.2) is 52.4 Å². The van der Waals surface area contributed by atoms with Crippen LogP contribution in [0.25, 0.3) is 10.9 Å². The Balaban J connectivity index is 1.62. The van der Waals surface area contributed by atoms with Gasteiger partial charge in [0.2, 0.25) is 10.0 Å². The third-order valence-electron chi connectivity index (χ3n) is 4.83. The Labute approximate surface area is 184 Å². The Bertz CT molecular complexity index is 1300. The van der Waals surface area contributed by atoms with Gasteiger partial charge in [-0.2, -0.15) is 4.31 Å². The van der Waals surface area contributed by atoms with Gasteiger partial charge in [-0.3, -0.25) is 4.72 Å². The third-order valence-corrected chi connectivity index (χ3v) is 8.74. The lowest BCUT2D eigenvalue weighted by atomic mass is 10.2. The highest BCUT2D eigenvalue weighted by molar-refractivity contribution is 7.92.